The van der Waals surface area contributed by atoms with Gasteiger partial charge in [-0.1, -0.05) is 26.0 Å². The summed E-state index contributed by atoms with van der Waals surface area (Å²) >= 11 is 0. The topological polar surface area (TPSA) is 69.6 Å². The normalized spacial score (nSPS) is 11.4. The number of carbonyl (C=O) groups is 1. The molecule has 4 heteroatoms. The number of hydrogen-bond donors (Lipinski definition) is 3. The highest BCUT2D eigenvalue weighted by Crippen LogP contribution is 2.28. The summed E-state index contributed by atoms with van der Waals surface area (Å²) in [4.78, 5) is 11.2. The molecule has 0 heterocycles. The zero-order chi connectivity index (χ0) is 14.5. The van der Waals surface area contributed by atoms with Crippen molar-refractivity contribution in [3.05, 3.63) is 29.3 Å². The number of benzene rings is 1. The first-order chi connectivity index (χ1) is 8.99. The zero-order valence-corrected chi connectivity index (χ0v) is 11.9. The van der Waals surface area contributed by atoms with Crippen molar-refractivity contribution >= 4 is 11.7 Å². The summed E-state index contributed by atoms with van der Waals surface area (Å²) in [5.41, 5.74) is 1.63. The third kappa shape index (κ3) is 3.47. The number of aromatic carboxylic acids is 1. The molecule has 0 atom stereocenters. The van der Waals surface area contributed by atoms with Gasteiger partial charge in [0.1, 0.15) is 0 Å². The van der Waals surface area contributed by atoms with Crippen molar-refractivity contribution in [2.75, 3.05) is 18.5 Å². The summed E-state index contributed by atoms with van der Waals surface area (Å²) in [7, 11) is 0. The Bertz CT molecular complexity index is 431. The molecule has 1 aromatic rings. The molecule has 4 nitrogen and oxygen atoms in total. The van der Waals surface area contributed by atoms with Gasteiger partial charge in [-0.3, -0.25) is 0 Å². The first kappa shape index (κ1) is 15.5. The Morgan fingerprint density at radius 3 is 2.42 bits per heavy atom. The quantitative estimate of drug-likeness (QED) is 0.709. The Kier molecular flexibility index (Phi) is 5.36. The first-order valence-corrected chi connectivity index (χ1v) is 6.67. The standard InChI is InChI=1S/C15H23NO3/c1-4-15(5-2,10-17)9-16-13-11(3)7-6-8-12(13)14(18)19/h6-8,16-17H,4-5,9-10H2,1-3H3,(H,18,19). The van der Waals surface area contributed by atoms with E-state index in [-0.39, 0.29) is 17.6 Å². The summed E-state index contributed by atoms with van der Waals surface area (Å²) in [6, 6.07) is 5.21. The van der Waals surface area contributed by atoms with Gasteiger partial charge in [0.2, 0.25) is 0 Å². The van der Waals surface area contributed by atoms with Gasteiger partial charge in [-0.05, 0) is 31.4 Å². The van der Waals surface area contributed by atoms with E-state index in [9.17, 15) is 15.0 Å². The largest absolute Gasteiger partial charge is 0.478 e. The van der Waals surface area contributed by atoms with Crippen LogP contribution in [0.25, 0.3) is 0 Å². The summed E-state index contributed by atoms with van der Waals surface area (Å²) in [5, 5.41) is 22.0. The van der Waals surface area contributed by atoms with Gasteiger partial charge in [-0.25, -0.2) is 4.79 Å². The molecule has 0 spiro atoms. The zero-order valence-electron chi connectivity index (χ0n) is 11.9. The third-order valence-electron chi connectivity index (χ3n) is 3.98. The Labute approximate surface area is 114 Å². The van der Waals surface area contributed by atoms with E-state index < -0.39 is 5.97 Å². The number of aliphatic hydroxyl groups is 1. The second-order valence-electron chi connectivity index (χ2n) is 5.02. The summed E-state index contributed by atoms with van der Waals surface area (Å²) in [5.74, 6) is -0.936. The van der Waals surface area contributed by atoms with Gasteiger partial charge in [0.15, 0.2) is 0 Å². The monoisotopic (exact) mass is 265 g/mol. The predicted octanol–water partition coefficient (Wildman–Crippen LogP) is 2.90. The van der Waals surface area contributed by atoms with Crippen LogP contribution in [0, 0.1) is 12.3 Å². The molecular weight excluding hydrogens is 242 g/mol. The Morgan fingerprint density at radius 2 is 1.95 bits per heavy atom. The lowest BCUT2D eigenvalue weighted by Gasteiger charge is -2.30. The lowest BCUT2D eigenvalue weighted by molar-refractivity contribution is 0.0697. The minimum absolute atomic E-state index is 0.0985. The first-order valence-electron chi connectivity index (χ1n) is 6.67. The van der Waals surface area contributed by atoms with E-state index in [0.717, 1.165) is 18.4 Å². The van der Waals surface area contributed by atoms with Crippen LogP contribution >= 0.6 is 0 Å². The van der Waals surface area contributed by atoms with E-state index >= 15 is 0 Å². The highest BCUT2D eigenvalue weighted by molar-refractivity contribution is 5.95. The van der Waals surface area contributed by atoms with Crippen molar-refractivity contribution in [1.82, 2.24) is 0 Å². The molecule has 0 aromatic heterocycles. The molecule has 0 saturated heterocycles. The van der Waals surface area contributed by atoms with E-state index in [1.807, 2.05) is 26.8 Å². The van der Waals surface area contributed by atoms with Gasteiger partial charge in [-0.2, -0.15) is 0 Å². The van der Waals surface area contributed by atoms with Gasteiger partial charge in [-0.15, -0.1) is 0 Å². The molecule has 0 aliphatic carbocycles. The Morgan fingerprint density at radius 1 is 1.32 bits per heavy atom. The highest BCUT2D eigenvalue weighted by Gasteiger charge is 2.25. The molecule has 1 aromatic carbocycles. The molecule has 0 amide bonds. The maximum absolute atomic E-state index is 11.2. The van der Waals surface area contributed by atoms with Crippen molar-refractivity contribution in [2.45, 2.75) is 33.6 Å². The molecule has 106 valence electrons. The van der Waals surface area contributed by atoms with Crippen LogP contribution in [0.15, 0.2) is 18.2 Å². The third-order valence-corrected chi connectivity index (χ3v) is 3.98. The van der Waals surface area contributed by atoms with Gasteiger partial charge in [0.25, 0.3) is 0 Å². The highest BCUT2D eigenvalue weighted by atomic mass is 16.4. The van der Waals surface area contributed by atoms with Crippen molar-refractivity contribution in [3.8, 4) is 0 Å². The number of carboxylic acids is 1. The maximum atomic E-state index is 11.2. The number of rotatable bonds is 7. The van der Waals surface area contributed by atoms with Crippen LogP contribution < -0.4 is 5.32 Å². The number of hydrogen-bond acceptors (Lipinski definition) is 3. The molecule has 0 bridgehead atoms. The average molecular weight is 265 g/mol. The summed E-state index contributed by atoms with van der Waals surface area (Å²) in [6.45, 7) is 6.63. The second-order valence-corrected chi connectivity index (χ2v) is 5.02. The molecule has 0 aliphatic heterocycles. The van der Waals surface area contributed by atoms with Crippen molar-refractivity contribution < 1.29 is 15.0 Å². The fourth-order valence-electron chi connectivity index (χ4n) is 2.14. The van der Waals surface area contributed by atoms with Gasteiger partial charge in [0, 0.05) is 12.0 Å². The van der Waals surface area contributed by atoms with Crippen LogP contribution in [0.5, 0.6) is 0 Å². The van der Waals surface area contributed by atoms with Gasteiger partial charge in [0.05, 0.1) is 17.9 Å². The van der Waals surface area contributed by atoms with E-state index in [0.29, 0.717) is 12.2 Å². The number of aryl methyl sites for hydroxylation is 1. The Hall–Kier alpha value is -1.55. The van der Waals surface area contributed by atoms with Gasteiger partial charge < -0.3 is 15.5 Å². The smallest absolute Gasteiger partial charge is 0.337 e. The van der Waals surface area contributed by atoms with Crippen LogP contribution in [0.3, 0.4) is 0 Å². The Balaban J connectivity index is 2.97. The second kappa shape index (κ2) is 6.57. The number of anilines is 1. The minimum Gasteiger partial charge on any atom is -0.478 e. The van der Waals surface area contributed by atoms with E-state index in [1.165, 1.54) is 0 Å². The maximum Gasteiger partial charge on any atom is 0.337 e. The molecule has 19 heavy (non-hydrogen) atoms. The molecule has 0 radical (unpaired) electrons. The number of carboxylic acid groups (broad SMARTS) is 1. The lowest BCUT2D eigenvalue weighted by Crippen LogP contribution is -2.32. The molecule has 1 rings (SSSR count). The summed E-state index contributed by atoms with van der Waals surface area (Å²) < 4.78 is 0. The van der Waals surface area contributed by atoms with Crippen molar-refractivity contribution in [3.63, 3.8) is 0 Å². The molecule has 0 aliphatic rings. The van der Waals surface area contributed by atoms with Crippen LogP contribution in [0.4, 0.5) is 5.69 Å². The van der Waals surface area contributed by atoms with E-state index in [2.05, 4.69) is 5.32 Å². The van der Waals surface area contributed by atoms with Crippen LogP contribution in [-0.2, 0) is 0 Å². The van der Waals surface area contributed by atoms with Crippen molar-refractivity contribution in [1.29, 1.82) is 0 Å². The predicted molar refractivity (Wildman–Crippen MR) is 76.7 cm³/mol. The lowest BCUT2D eigenvalue weighted by atomic mass is 9.83. The minimum atomic E-state index is -0.936. The number of aliphatic hydroxyl groups excluding tert-OH is 1. The molecule has 0 fully saturated rings. The van der Waals surface area contributed by atoms with E-state index in [4.69, 9.17) is 0 Å². The SMILES string of the molecule is CCC(CC)(CO)CNc1c(C)cccc1C(=O)O. The van der Waals surface area contributed by atoms with Crippen molar-refractivity contribution in [2.24, 2.45) is 5.41 Å². The fourth-order valence-corrected chi connectivity index (χ4v) is 2.14. The van der Waals surface area contributed by atoms with E-state index in [1.54, 1.807) is 12.1 Å². The van der Waals surface area contributed by atoms with Gasteiger partial charge >= 0.3 is 5.97 Å². The molecule has 0 saturated carbocycles. The molecule has 3 N–H and O–H groups in total. The number of nitrogens with one attached hydrogen (secondary N) is 1. The molecule has 0 unspecified atom stereocenters. The van der Waals surface area contributed by atoms with Crippen LogP contribution in [0.2, 0.25) is 0 Å². The molecular formula is C15H23NO3. The van der Waals surface area contributed by atoms with Crippen LogP contribution in [-0.4, -0.2) is 29.3 Å². The van der Waals surface area contributed by atoms with Crippen LogP contribution in [0.1, 0.15) is 42.6 Å². The fraction of sp³-hybridized carbons (Fsp3) is 0.533. The summed E-state index contributed by atoms with van der Waals surface area (Å²) in [6.07, 6.45) is 1.70. The number of para-hydroxylation sites is 1. The average Bonchev–Trinajstić information content (AvgIpc) is 2.42.